The fourth-order valence-electron chi connectivity index (χ4n) is 4.46. The number of aromatic nitrogens is 4. The number of nitrogen functional groups attached to an aromatic ring is 1. The number of carbonyl (C=O) groups is 1. The molecule has 1 aliphatic rings. The number of para-hydroxylation sites is 1. The number of likely N-dealkylation sites (tertiary alicyclic amines) is 1. The van der Waals surface area contributed by atoms with E-state index in [1.165, 1.54) is 12.4 Å². The van der Waals surface area contributed by atoms with Gasteiger partial charge in [0.25, 0.3) is 5.91 Å². The van der Waals surface area contributed by atoms with Gasteiger partial charge >= 0.3 is 0 Å². The van der Waals surface area contributed by atoms with Crippen molar-refractivity contribution in [1.29, 1.82) is 5.26 Å². The molecule has 0 radical (unpaired) electrons. The van der Waals surface area contributed by atoms with Crippen LogP contribution in [-0.4, -0.2) is 43.1 Å². The number of hydrogen-bond donors (Lipinski definition) is 1. The molecule has 2 aromatic heterocycles. The van der Waals surface area contributed by atoms with Gasteiger partial charge in [0.1, 0.15) is 46.8 Å². The smallest absolute Gasteiger partial charge is 0.264 e. The monoisotopic (exact) mass is 511 g/mol. The van der Waals surface area contributed by atoms with E-state index in [-0.39, 0.29) is 34.8 Å². The van der Waals surface area contributed by atoms with Crippen LogP contribution >= 0.6 is 0 Å². The third-order valence-electron chi connectivity index (χ3n) is 6.37. The number of carbonyl (C=O) groups excluding carboxylic acids is 1. The molecule has 1 saturated heterocycles. The van der Waals surface area contributed by atoms with Crippen molar-refractivity contribution in [2.45, 2.75) is 32.9 Å². The SMILES string of the molecule is CC(C)/C=C(\C#N)C(=O)N1CCC1Cn1nc(-c2ccc(Oc3ccccc3)cc2F)c2c(N)ncnc21. The van der Waals surface area contributed by atoms with E-state index in [1.807, 2.05) is 38.1 Å². The Kier molecular flexibility index (Phi) is 6.75. The second kappa shape index (κ2) is 10.3. The number of benzene rings is 2. The first-order valence-corrected chi connectivity index (χ1v) is 12.3. The van der Waals surface area contributed by atoms with Gasteiger partial charge in [0.2, 0.25) is 0 Å². The average Bonchev–Trinajstić information content (AvgIpc) is 3.25. The molecule has 2 aromatic carbocycles. The van der Waals surface area contributed by atoms with Crippen LogP contribution in [-0.2, 0) is 11.3 Å². The summed E-state index contributed by atoms with van der Waals surface area (Å²) in [5.74, 6) is 0.346. The summed E-state index contributed by atoms with van der Waals surface area (Å²) in [5.41, 5.74) is 7.28. The maximum atomic E-state index is 15.3. The molecular formula is C28H26FN7O2. The number of nitriles is 1. The molecule has 2 N–H and O–H groups in total. The van der Waals surface area contributed by atoms with Crippen molar-refractivity contribution in [3.05, 3.63) is 72.3 Å². The molecule has 3 heterocycles. The summed E-state index contributed by atoms with van der Waals surface area (Å²) in [6.45, 7) is 4.69. The molecule has 0 aliphatic carbocycles. The van der Waals surface area contributed by atoms with Crippen LogP contribution in [0.15, 0.2) is 66.5 Å². The Balaban J connectivity index is 1.45. The number of amides is 1. The molecular weight excluding hydrogens is 485 g/mol. The minimum atomic E-state index is -0.536. The summed E-state index contributed by atoms with van der Waals surface area (Å²) in [6.07, 6.45) is 3.74. The Hall–Kier alpha value is -4.78. The molecule has 0 bridgehead atoms. The van der Waals surface area contributed by atoms with Crippen molar-refractivity contribution >= 4 is 22.8 Å². The zero-order valence-electron chi connectivity index (χ0n) is 21.0. The Morgan fingerprint density at radius 1 is 1.24 bits per heavy atom. The fraction of sp³-hybridized carbons (Fsp3) is 0.250. The summed E-state index contributed by atoms with van der Waals surface area (Å²) in [5, 5.41) is 14.5. The summed E-state index contributed by atoms with van der Waals surface area (Å²) in [6, 6.07) is 15.5. The molecule has 1 aliphatic heterocycles. The minimum absolute atomic E-state index is 0.0741. The summed E-state index contributed by atoms with van der Waals surface area (Å²) >= 11 is 0. The number of fused-ring (bicyclic) bond motifs is 1. The first-order chi connectivity index (χ1) is 18.4. The molecule has 1 atom stereocenters. The molecule has 1 amide bonds. The van der Waals surface area contributed by atoms with Gasteiger partial charge in [-0.15, -0.1) is 0 Å². The quantitative estimate of drug-likeness (QED) is 0.281. The summed E-state index contributed by atoms with van der Waals surface area (Å²) in [7, 11) is 0. The first-order valence-electron chi connectivity index (χ1n) is 12.3. The van der Waals surface area contributed by atoms with Crippen LogP contribution in [0, 0.1) is 23.1 Å². The lowest BCUT2D eigenvalue weighted by Crippen LogP contribution is -2.53. The maximum Gasteiger partial charge on any atom is 0.264 e. The van der Waals surface area contributed by atoms with Gasteiger partial charge in [0.15, 0.2) is 5.65 Å². The molecule has 10 heteroatoms. The van der Waals surface area contributed by atoms with E-state index >= 15 is 4.39 Å². The number of nitrogens with zero attached hydrogens (tertiary/aromatic N) is 6. The number of ether oxygens (including phenoxy) is 1. The average molecular weight is 512 g/mol. The molecule has 38 heavy (non-hydrogen) atoms. The fourth-order valence-corrected chi connectivity index (χ4v) is 4.46. The first kappa shape index (κ1) is 24.9. The van der Waals surface area contributed by atoms with E-state index in [4.69, 9.17) is 10.5 Å². The van der Waals surface area contributed by atoms with E-state index < -0.39 is 5.82 Å². The van der Waals surface area contributed by atoms with Crippen LogP contribution in [0.25, 0.3) is 22.3 Å². The third kappa shape index (κ3) is 4.78. The Bertz CT molecular complexity index is 1570. The van der Waals surface area contributed by atoms with E-state index in [0.29, 0.717) is 41.3 Å². The molecule has 192 valence electrons. The van der Waals surface area contributed by atoms with Crippen LogP contribution in [0.3, 0.4) is 0 Å². The predicted octanol–water partition coefficient (Wildman–Crippen LogP) is 4.71. The second-order valence-electron chi connectivity index (χ2n) is 9.42. The molecule has 1 fully saturated rings. The lowest BCUT2D eigenvalue weighted by Gasteiger charge is -2.40. The van der Waals surface area contributed by atoms with Gasteiger partial charge in [-0.2, -0.15) is 10.4 Å². The highest BCUT2D eigenvalue weighted by Crippen LogP contribution is 2.35. The van der Waals surface area contributed by atoms with Crippen LogP contribution in [0.5, 0.6) is 11.5 Å². The van der Waals surface area contributed by atoms with Crippen LogP contribution < -0.4 is 10.5 Å². The lowest BCUT2D eigenvalue weighted by molar-refractivity contribution is -0.134. The molecule has 0 spiro atoms. The van der Waals surface area contributed by atoms with Crippen molar-refractivity contribution in [2.24, 2.45) is 5.92 Å². The largest absolute Gasteiger partial charge is 0.457 e. The number of anilines is 1. The Morgan fingerprint density at radius 3 is 2.68 bits per heavy atom. The topological polar surface area (TPSA) is 123 Å². The van der Waals surface area contributed by atoms with Crippen LogP contribution in [0.1, 0.15) is 20.3 Å². The van der Waals surface area contributed by atoms with E-state index in [2.05, 4.69) is 15.1 Å². The molecule has 4 aromatic rings. The van der Waals surface area contributed by atoms with Gasteiger partial charge < -0.3 is 15.4 Å². The highest BCUT2D eigenvalue weighted by atomic mass is 19.1. The van der Waals surface area contributed by atoms with Crippen LogP contribution in [0.2, 0.25) is 0 Å². The zero-order chi connectivity index (χ0) is 26.8. The third-order valence-corrected chi connectivity index (χ3v) is 6.37. The van der Waals surface area contributed by atoms with Crippen molar-refractivity contribution in [3.63, 3.8) is 0 Å². The summed E-state index contributed by atoms with van der Waals surface area (Å²) < 4.78 is 22.7. The Labute approximate surface area is 219 Å². The van der Waals surface area contributed by atoms with Gasteiger partial charge in [-0.05, 0) is 36.6 Å². The van der Waals surface area contributed by atoms with Crippen molar-refractivity contribution in [2.75, 3.05) is 12.3 Å². The van der Waals surface area contributed by atoms with Gasteiger partial charge in [0.05, 0.1) is 18.0 Å². The van der Waals surface area contributed by atoms with E-state index in [1.54, 1.807) is 39.9 Å². The second-order valence-corrected chi connectivity index (χ2v) is 9.42. The zero-order valence-corrected chi connectivity index (χ0v) is 21.0. The number of nitrogens with two attached hydrogens (primary N) is 1. The van der Waals surface area contributed by atoms with Gasteiger partial charge in [-0.3, -0.25) is 4.79 Å². The Morgan fingerprint density at radius 2 is 2.03 bits per heavy atom. The van der Waals surface area contributed by atoms with Crippen molar-refractivity contribution in [1.82, 2.24) is 24.6 Å². The number of allylic oxidation sites excluding steroid dienone is 1. The molecule has 1 unspecified atom stereocenters. The van der Waals surface area contributed by atoms with Crippen molar-refractivity contribution < 1.29 is 13.9 Å². The van der Waals surface area contributed by atoms with Crippen LogP contribution in [0.4, 0.5) is 10.2 Å². The molecule has 9 nitrogen and oxygen atoms in total. The van der Waals surface area contributed by atoms with Gasteiger partial charge in [-0.1, -0.05) is 38.1 Å². The normalized spacial score (nSPS) is 15.4. The standard InChI is InChI=1S/C28H26FN7O2/c1-17(2)12-18(14-30)28(37)35-11-10-19(35)15-36-27-24(26(31)32-16-33-27)25(34-36)22-9-8-21(13-23(22)29)38-20-6-4-3-5-7-20/h3-9,12-13,16-17,19H,10-11,15H2,1-2H3,(H2,31,32,33)/b18-12+. The summed E-state index contributed by atoms with van der Waals surface area (Å²) in [4.78, 5) is 23.0. The number of hydrogen-bond acceptors (Lipinski definition) is 7. The van der Waals surface area contributed by atoms with Gasteiger partial charge in [0, 0.05) is 18.2 Å². The predicted molar refractivity (Wildman–Crippen MR) is 140 cm³/mol. The van der Waals surface area contributed by atoms with Gasteiger partial charge in [-0.25, -0.2) is 19.0 Å². The van der Waals surface area contributed by atoms with E-state index in [0.717, 1.165) is 6.42 Å². The highest BCUT2D eigenvalue weighted by molar-refractivity contribution is 5.99. The lowest BCUT2D eigenvalue weighted by atomic mass is 10.00. The maximum absolute atomic E-state index is 15.3. The number of halogens is 1. The number of rotatable bonds is 7. The van der Waals surface area contributed by atoms with E-state index in [9.17, 15) is 10.1 Å². The minimum Gasteiger partial charge on any atom is -0.457 e. The molecule has 5 rings (SSSR count). The highest BCUT2D eigenvalue weighted by Gasteiger charge is 2.35. The molecule has 0 saturated carbocycles. The van der Waals surface area contributed by atoms with Crippen molar-refractivity contribution in [3.8, 4) is 28.8 Å².